The third-order valence-corrected chi connectivity index (χ3v) is 7.00. The highest BCUT2D eigenvalue weighted by Gasteiger charge is 2.27. The second kappa shape index (κ2) is 9.76. The van der Waals surface area contributed by atoms with Crippen molar-refractivity contribution in [1.82, 2.24) is 15.2 Å². The Hall–Kier alpha value is -1.57. The molecule has 1 N–H and O–H groups in total. The van der Waals surface area contributed by atoms with Gasteiger partial charge >= 0.3 is 0 Å². The molecule has 0 bridgehead atoms. The first kappa shape index (κ1) is 21.1. The van der Waals surface area contributed by atoms with Crippen molar-refractivity contribution in [3.8, 4) is 0 Å². The van der Waals surface area contributed by atoms with Crippen molar-refractivity contribution in [3.05, 3.63) is 44.9 Å². The molecule has 0 atom stereocenters. The Balaban J connectivity index is 1.58. The quantitative estimate of drug-likeness (QED) is 0.672. The molecule has 0 aliphatic carbocycles. The predicted molar refractivity (Wildman–Crippen MR) is 115 cm³/mol. The second-order valence-electron chi connectivity index (χ2n) is 6.72. The zero-order chi connectivity index (χ0) is 20.1. The van der Waals surface area contributed by atoms with Crippen LogP contribution in [0.3, 0.4) is 0 Å². The summed E-state index contributed by atoms with van der Waals surface area (Å²) in [5.41, 5.74) is 1.48. The molecule has 28 heavy (non-hydrogen) atoms. The van der Waals surface area contributed by atoms with E-state index in [4.69, 9.17) is 11.6 Å². The summed E-state index contributed by atoms with van der Waals surface area (Å²) in [5.74, 6) is 0.393. The highest BCUT2D eigenvalue weighted by atomic mass is 35.5. The Morgan fingerprint density at radius 2 is 2.11 bits per heavy atom. The first-order valence-corrected chi connectivity index (χ1v) is 11.8. The molecule has 3 rings (SSSR count). The van der Waals surface area contributed by atoms with Gasteiger partial charge in [-0.05, 0) is 37.3 Å². The van der Waals surface area contributed by atoms with Gasteiger partial charge < -0.3 is 10.2 Å². The number of benzene rings is 1. The smallest absolute Gasteiger partial charge is 0.255 e. The number of likely N-dealkylation sites (tertiary alicyclic amines) is 1. The number of thioether (sulfide) groups is 1. The lowest BCUT2D eigenvalue weighted by molar-refractivity contribution is -0.120. The molecule has 1 aliphatic heterocycles. The average molecular weight is 438 g/mol. The lowest BCUT2D eigenvalue weighted by atomic mass is 9.97. The second-order valence-corrected chi connectivity index (χ2v) is 8.90. The molecule has 1 aromatic carbocycles. The maximum Gasteiger partial charge on any atom is 0.255 e. The van der Waals surface area contributed by atoms with Crippen LogP contribution in [0.2, 0.25) is 5.02 Å². The fraction of sp³-hybridized carbons (Fsp3) is 0.450. The molecular formula is C20H24ClN3O2S2. The van der Waals surface area contributed by atoms with Crippen molar-refractivity contribution in [2.24, 2.45) is 0 Å². The number of piperidine rings is 1. The zero-order valence-corrected chi connectivity index (χ0v) is 18.4. The first-order chi connectivity index (χ1) is 13.5. The van der Waals surface area contributed by atoms with Gasteiger partial charge in [-0.15, -0.1) is 23.1 Å². The van der Waals surface area contributed by atoms with Crippen LogP contribution in [0.5, 0.6) is 0 Å². The standard InChI is InChI=1S/C20H24ClN3O2S2/c1-3-18(25)22-11-14-12-28-19(23-14)13-6-8-24(9-7-13)20(26)16-10-15(27-2)4-5-17(16)21/h4-5,10,12-13H,3,6-9,11H2,1-2H3,(H,22,25). The van der Waals surface area contributed by atoms with Crippen LogP contribution in [0.4, 0.5) is 0 Å². The van der Waals surface area contributed by atoms with E-state index < -0.39 is 0 Å². The maximum absolute atomic E-state index is 12.9. The van der Waals surface area contributed by atoms with Crippen LogP contribution in [0.15, 0.2) is 28.5 Å². The number of nitrogens with zero attached hydrogens (tertiary/aromatic N) is 2. The van der Waals surface area contributed by atoms with E-state index >= 15 is 0 Å². The van der Waals surface area contributed by atoms with E-state index in [0.29, 0.717) is 42.6 Å². The van der Waals surface area contributed by atoms with Crippen LogP contribution in [0.1, 0.15) is 53.2 Å². The summed E-state index contributed by atoms with van der Waals surface area (Å²) < 4.78 is 0. The molecule has 2 amide bonds. The Kier molecular flexibility index (Phi) is 7.37. The minimum absolute atomic E-state index is 0.00135. The molecular weight excluding hydrogens is 414 g/mol. The van der Waals surface area contributed by atoms with E-state index in [-0.39, 0.29) is 11.8 Å². The molecule has 0 saturated carbocycles. The van der Waals surface area contributed by atoms with E-state index in [0.717, 1.165) is 28.4 Å². The molecule has 0 radical (unpaired) electrons. The molecule has 0 spiro atoms. The predicted octanol–water partition coefficient (Wildman–Crippen LogP) is 4.56. The third-order valence-electron chi connectivity index (χ3n) is 4.89. The Morgan fingerprint density at radius 3 is 2.79 bits per heavy atom. The number of rotatable bonds is 6. The van der Waals surface area contributed by atoms with Gasteiger partial charge in [0.25, 0.3) is 5.91 Å². The van der Waals surface area contributed by atoms with Gasteiger partial charge in [-0.1, -0.05) is 18.5 Å². The molecule has 1 fully saturated rings. The average Bonchev–Trinajstić information content (AvgIpc) is 3.21. The largest absolute Gasteiger partial charge is 0.350 e. The normalized spacial score (nSPS) is 14.9. The third kappa shape index (κ3) is 5.07. The van der Waals surface area contributed by atoms with Gasteiger partial charge in [0.05, 0.1) is 27.8 Å². The Labute approximate surface area is 178 Å². The summed E-state index contributed by atoms with van der Waals surface area (Å²) in [5, 5.41) is 6.46. The van der Waals surface area contributed by atoms with Crippen molar-refractivity contribution < 1.29 is 9.59 Å². The number of carbonyl (C=O) groups excluding carboxylic acids is 2. The summed E-state index contributed by atoms with van der Waals surface area (Å²) in [4.78, 5) is 31.9. The fourth-order valence-corrected chi connectivity index (χ4v) is 4.83. The fourth-order valence-electron chi connectivity index (χ4n) is 3.20. The van der Waals surface area contributed by atoms with Crippen LogP contribution in [0.25, 0.3) is 0 Å². The minimum atomic E-state index is 0.00135. The van der Waals surface area contributed by atoms with Crippen LogP contribution in [-0.2, 0) is 11.3 Å². The number of hydrogen-bond acceptors (Lipinski definition) is 5. The molecule has 5 nitrogen and oxygen atoms in total. The van der Waals surface area contributed by atoms with Crippen LogP contribution >= 0.6 is 34.7 Å². The lowest BCUT2D eigenvalue weighted by Crippen LogP contribution is -2.38. The molecule has 1 aromatic heterocycles. The number of thiazole rings is 1. The monoisotopic (exact) mass is 437 g/mol. The molecule has 8 heteroatoms. The zero-order valence-electron chi connectivity index (χ0n) is 16.0. The van der Waals surface area contributed by atoms with E-state index in [1.165, 1.54) is 0 Å². The number of nitrogens with one attached hydrogen (secondary N) is 1. The summed E-state index contributed by atoms with van der Waals surface area (Å²) in [6.07, 6.45) is 4.24. The molecule has 0 unspecified atom stereocenters. The summed E-state index contributed by atoms with van der Waals surface area (Å²) in [6, 6.07) is 5.60. The number of amides is 2. The van der Waals surface area contributed by atoms with Crippen LogP contribution in [0, 0.1) is 0 Å². The van der Waals surface area contributed by atoms with E-state index in [9.17, 15) is 9.59 Å². The van der Waals surface area contributed by atoms with E-state index in [1.54, 1.807) is 29.2 Å². The van der Waals surface area contributed by atoms with Crippen molar-refractivity contribution in [3.63, 3.8) is 0 Å². The van der Waals surface area contributed by atoms with Gasteiger partial charge in [0.1, 0.15) is 0 Å². The molecule has 1 saturated heterocycles. The summed E-state index contributed by atoms with van der Waals surface area (Å²) in [7, 11) is 0. The van der Waals surface area contributed by atoms with Crippen molar-refractivity contribution >= 4 is 46.5 Å². The minimum Gasteiger partial charge on any atom is -0.350 e. The number of halogens is 1. The highest BCUT2D eigenvalue weighted by Crippen LogP contribution is 2.32. The van der Waals surface area contributed by atoms with Gasteiger partial charge in [-0.25, -0.2) is 4.98 Å². The van der Waals surface area contributed by atoms with Crippen molar-refractivity contribution in [1.29, 1.82) is 0 Å². The number of carbonyl (C=O) groups is 2. The van der Waals surface area contributed by atoms with Gasteiger partial charge in [0.15, 0.2) is 0 Å². The van der Waals surface area contributed by atoms with Gasteiger partial charge in [-0.2, -0.15) is 0 Å². The SMILES string of the molecule is CCC(=O)NCc1csc(C2CCN(C(=O)c3cc(SC)ccc3Cl)CC2)n1. The molecule has 1 aliphatic rings. The Morgan fingerprint density at radius 1 is 1.36 bits per heavy atom. The molecule has 2 aromatic rings. The van der Waals surface area contributed by atoms with Crippen molar-refractivity contribution in [2.45, 2.75) is 43.5 Å². The van der Waals surface area contributed by atoms with E-state index in [1.807, 2.05) is 35.6 Å². The van der Waals surface area contributed by atoms with Crippen LogP contribution < -0.4 is 5.32 Å². The molecule has 150 valence electrons. The summed E-state index contributed by atoms with van der Waals surface area (Å²) in [6.45, 7) is 3.71. The first-order valence-electron chi connectivity index (χ1n) is 9.35. The lowest BCUT2D eigenvalue weighted by Gasteiger charge is -2.31. The topological polar surface area (TPSA) is 62.3 Å². The van der Waals surface area contributed by atoms with E-state index in [2.05, 4.69) is 10.3 Å². The summed E-state index contributed by atoms with van der Waals surface area (Å²) >= 11 is 9.50. The van der Waals surface area contributed by atoms with Crippen LogP contribution in [-0.4, -0.2) is 41.0 Å². The van der Waals surface area contributed by atoms with Gasteiger partial charge in [0.2, 0.25) is 5.91 Å². The van der Waals surface area contributed by atoms with Gasteiger partial charge in [0, 0.05) is 35.7 Å². The van der Waals surface area contributed by atoms with Gasteiger partial charge in [-0.3, -0.25) is 9.59 Å². The maximum atomic E-state index is 12.9. The van der Waals surface area contributed by atoms with Crippen molar-refractivity contribution in [2.75, 3.05) is 19.3 Å². The Bertz CT molecular complexity index is 848. The number of hydrogen-bond donors (Lipinski definition) is 1. The number of aromatic nitrogens is 1. The highest BCUT2D eigenvalue weighted by molar-refractivity contribution is 7.98. The molecule has 2 heterocycles.